The molecule has 1 aliphatic heterocycles. The van der Waals surface area contributed by atoms with Crippen LogP contribution in [0.25, 0.3) is 11.6 Å². The van der Waals surface area contributed by atoms with Crippen LogP contribution in [0.3, 0.4) is 0 Å². The molecular weight excluding hydrogens is 693 g/mol. The third kappa shape index (κ3) is 7.38. The maximum absolute atomic E-state index is 13.6. The van der Waals surface area contributed by atoms with E-state index in [9.17, 15) is 24.9 Å². The summed E-state index contributed by atoms with van der Waals surface area (Å²) in [5.41, 5.74) is 5.44. The van der Waals surface area contributed by atoms with Gasteiger partial charge in [0.05, 0.1) is 36.8 Å². The fourth-order valence-electron chi connectivity index (χ4n) is 8.75. The number of fused-ring (bicyclic) bond motifs is 1. The first-order chi connectivity index (χ1) is 25.8. The van der Waals surface area contributed by atoms with Crippen molar-refractivity contribution in [1.29, 1.82) is 0 Å². The number of hydrogen-bond donors (Lipinski definition) is 3. The van der Waals surface area contributed by atoms with E-state index in [2.05, 4.69) is 50.0 Å². The van der Waals surface area contributed by atoms with Gasteiger partial charge >= 0.3 is 0 Å². The van der Waals surface area contributed by atoms with E-state index in [1.165, 1.54) is 11.9 Å². The molecule has 1 aliphatic carbocycles. The van der Waals surface area contributed by atoms with Crippen LogP contribution in [-0.4, -0.2) is 71.7 Å². The van der Waals surface area contributed by atoms with Gasteiger partial charge in [-0.2, -0.15) is 0 Å². The minimum Gasteiger partial charge on any atom is -0.507 e. The molecule has 1 saturated heterocycles. The second-order valence-corrected chi connectivity index (χ2v) is 20.1. The van der Waals surface area contributed by atoms with Crippen molar-refractivity contribution in [1.82, 2.24) is 9.88 Å². The van der Waals surface area contributed by atoms with E-state index in [1.54, 1.807) is 6.20 Å². The number of amides is 2. The lowest BCUT2D eigenvalue weighted by Gasteiger charge is -2.44. The number of aromatic hydroxyl groups is 1. The van der Waals surface area contributed by atoms with E-state index in [0.29, 0.717) is 12.0 Å². The van der Waals surface area contributed by atoms with Crippen molar-refractivity contribution in [2.24, 2.45) is 17.8 Å². The van der Waals surface area contributed by atoms with Crippen molar-refractivity contribution in [3.05, 3.63) is 131 Å². The van der Waals surface area contributed by atoms with Gasteiger partial charge in [-0.3, -0.25) is 19.5 Å². The van der Waals surface area contributed by atoms with Crippen LogP contribution in [0, 0.1) is 31.6 Å². The van der Waals surface area contributed by atoms with Crippen molar-refractivity contribution >= 4 is 42.2 Å². The van der Waals surface area contributed by atoms with Gasteiger partial charge in [-0.05, 0) is 112 Å². The molecule has 2 amide bonds. The number of carbonyl (C=O) groups is 2. The molecule has 2 aliphatic rings. The summed E-state index contributed by atoms with van der Waals surface area (Å²) in [5.74, 6) is -2.48. The lowest BCUT2D eigenvalue weighted by molar-refractivity contribution is -0.138. The van der Waals surface area contributed by atoms with E-state index >= 15 is 0 Å². The molecule has 0 radical (unpaired) electrons. The number of likely N-dealkylation sites (tertiary alicyclic amines) is 1. The van der Waals surface area contributed by atoms with Crippen LogP contribution in [0.15, 0.2) is 108 Å². The highest BCUT2D eigenvalue weighted by Gasteiger charge is 2.55. The number of rotatable bonds is 12. The van der Waals surface area contributed by atoms with Crippen LogP contribution in [0.5, 0.6) is 5.75 Å². The van der Waals surface area contributed by atoms with Gasteiger partial charge in [-0.15, -0.1) is 0 Å². The number of hydrogen-bond acceptors (Lipinski definition) is 7. The fourth-order valence-corrected chi connectivity index (χ4v) is 13.3. The number of pyridine rings is 1. The zero-order valence-electron chi connectivity index (χ0n) is 32.1. The van der Waals surface area contributed by atoms with E-state index in [0.717, 1.165) is 43.9 Å². The van der Waals surface area contributed by atoms with Crippen molar-refractivity contribution in [2.45, 2.75) is 65.0 Å². The minimum absolute atomic E-state index is 0.138. The number of aryl methyl sites for hydroxylation is 2. The second-order valence-electron chi connectivity index (χ2n) is 15.8. The molecule has 0 spiro atoms. The van der Waals surface area contributed by atoms with E-state index in [-0.39, 0.29) is 42.1 Å². The zero-order chi connectivity index (χ0) is 38.8. The Bertz CT molecular complexity index is 1980. The number of phenols is 1. The maximum atomic E-state index is 13.6. The van der Waals surface area contributed by atoms with Crippen molar-refractivity contribution in [3.8, 4) is 5.75 Å². The van der Waals surface area contributed by atoms with Gasteiger partial charge in [-0.1, -0.05) is 87.5 Å². The number of imide groups is 1. The molecule has 0 unspecified atom stereocenters. The number of phenolic OH excluding ortho intramolecular Hbond substituents is 1. The van der Waals surface area contributed by atoms with Gasteiger partial charge in [0, 0.05) is 19.2 Å². The lowest BCUT2D eigenvalue weighted by Crippen LogP contribution is -2.66. The Morgan fingerprint density at radius 3 is 2.07 bits per heavy atom. The Balaban J connectivity index is 1.43. The van der Waals surface area contributed by atoms with Crippen LogP contribution in [-0.2, 0) is 14.0 Å². The normalized spacial score (nSPS) is 20.0. The molecule has 54 heavy (non-hydrogen) atoms. The molecule has 0 saturated carbocycles. The summed E-state index contributed by atoms with van der Waals surface area (Å²) in [7, 11) is -1.52. The number of aliphatic hydroxyl groups excluding tert-OH is 2. The van der Waals surface area contributed by atoms with Crippen LogP contribution in [0.1, 0.15) is 62.4 Å². The molecular formula is C45H52N2O6Si. The molecule has 6 rings (SSSR count). The van der Waals surface area contributed by atoms with E-state index in [4.69, 9.17) is 4.43 Å². The molecule has 9 heteroatoms. The fraction of sp³-hybridized carbons (Fsp3) is 0.356. The molecule has 4 atom stereocenters. The Labute approximate surface area is 320 Å². The van der Waals surface area contributed by atoms with E-state index in [1.807, 2.05) is 86.7 Å². The third-order valence-corrected chi connectivity index (χ3v) is 16.4. The Hall–Kier alpha value is -4.67. The van der Waals surface area contributed by atoms with Crippen molar-refractivity contribution in [3.63, 3.8) is 0 Å². The molecule has 3 aromatic carbocycles. The van der Waals surface area contributed by atoms with Crippen LogP contribution >= 0.6 is 0 Å². The van der Waals surface area contributed by atoms with Gasteiger partial charge in [-0.25, -0.2) is 0 Å². The number of nitrogens with zero attached hydrogens (tertiary/aromatic N) is 2. The second kappa shape index (κ2) is 16.0. The van der Waals surface area contributed by atoms with Crippen LogP contribution < -0.4 is 10.4 Å². The summed E-state index contributed by atoms with van der Waals surface area (Å²) in [4.78, 5) is 32.9. The molecule has 1 fully saturated rings. The highest BCUT2D eigenvalue weighted by atomic mass is 28.4. The molecule has 3 N–H and O–H groups in total. The van der Waals surface area contributed by atoms with Crippen LogP contribution in [0.4, 0.5) is 0 Å². The van der Waals surface area contributed by atoms with Gasteiger partial charge in [0.1, 0.15) is 5.75 Å². The lowest BCUT2D eigenvalue weighted by atomic mass is 9.68. The quantitative estimate of drug-likeness (QED) is 0.0898. The largest absolute Gasteiger partial charge is 0.507 e. The number of carbonyl (C=O) groups excluding carboxylic acids is 2. The van der Waals surface area contributed by atoms with Gasteiger partial charge in [0.2, 0.25) is 11.8 Å². The predicted molar refractivity (Wildman–Crippen MR) is 215 cm³/mol. The summed E-state index contributed by atoms with van der Waals surface area (Å²) in [6, 6.07) is 30.2. The number of allylic oxidation sites excluding steroid dienone is 1. The van der Waals surface area contributed by atoms with Crippen LogP contribution in [0.2, 0.25) is 5.04 Å². The first kappa shape index (κ1) is 39.0. The summed E-state index contributed by atoms with van der Waals surface area (Å²) in [6.07, 6.45) is 3.70. The van der Waals surface area contributed by atoms with Crippen molar-refractivity contribution in [2.75, 3.05) is 20.3 Å². The maximum Gasteiger partial charge on any atom is 0.261 e. The highest BCUT2D eigenvalue weighted by Crippen LogP contribution is 2.47. The predicted octanol–water partition coefficient (Wildman–Crippen LogP) is 6.20. The zero-order valence-corrected chi connectivity index (χ0v) is 33.1. The Morgan fingerprint density at radius 2 is 1.54 bits per heavy atom. The SMILES string of the molecule is Cc1cc(/C=C(/CC[C@@H](O)C2=C(CO[Si](c3ccccc3)(c3ccccc3)C(C)(C)C)C[C@H]3C(=O)N(C)C(=O)[C@H]3[C@H]2CO)c2ccccn2)cc(C)c1O. The summed E-state index contributed by atoms with van der Waals surface area (Å²) in [5, 5.41) is 35.6. The smallest absolute Gasteiger partial charge is 0.261 e. The highest BCUT2D eigenvalue weighted by molar-refractivity contribution is 6.99. The standard InChI is InChI=1S/C45H52N2O6Si/c1-29-23-31(24-30(2)42(29)50)25-32(38-19-13-14-22-46-38)20-21-39(49)40-33(26-36-41(37(40)27-48)44(52)47(6)43(36)51)28-53-54(45(3,4)5,34-15-9-7-10-16-34)35-17-11-8-12-18-35/h7-19,22-25,36-37,39,41,48-50H,20-21,26-28H2,1-6H3/b32-25-/t36-,37+,39-,41-/m1/s1. The summed E-state index contributed by atoms with van der Waals surface area (Å²) in [6.45, 7) is 10.1. The van der Waals surface area contributed by atoms with Crippen molar-refractivity contribution < 1.29 is 29.3 Å². The first-order valence-corrected chi connectivity index (χ1v) is 20.7. The molecule has 4 aromatic rings. The average molecular weight is 745 g/mol. The monoisotopic (exact) mass is 744 g/mol. The number of benzene rings is 3. The number of aromatic nitrogens is 1. The molecule has 8 nitrogen and oxygen atoms in total. The molecule has 0 bridgehead atoms. The minimum atomic E-state index is -3.02. The summed E-state index contributed by atoms with van der Waals surface area (Å²) >= 11 is 0. The van der Waals surface area contributed by atoms with Gasteiger partial charge in [0.25, 0.3) is 8.32 Å². The average Bonchev–Trinajstić information content (AvgIpc) is 3.38. The summed E-state index contributed by atoms with van der Waals surface area (Å²) < 4.78 is 7.36. The molecule has 282 valence electrons. The Kier molecular flexibility index (Phi) is 11.5. The Morgan fingerprint density at radius 1 is 0.944 bits per heavy atom. The molecule has 1 aromatic heterocycles. The number of aliphatic hydroxyl groups is 2. The van der Waals surface area contributed by atoms with Gasteiger partial charge in [0.15, 0.2) is 0 Å². The molecule has 2 heterocycles. The van der Waals surface area contributed by atoms with Gasteiger partial charge < -0.3 is 19.7 Å². The first-order valence-electron chi connectivity index (χ1n) is 18.8. The van der Waals surface area contributed by atoms with E-state index < -0.39 is 38.8 Å². The topological polar surface area (TPSA) is 120 Å². The third-order valence-electron chi connectivity index (χ3n) is 11.4.